The number of halogens is 1. The van der Waals surface area contributed by atoms with Crippen LogP contribution >= 0.6 is 39.0 Å². The Kier molecular flexibility index (Phi) is 8.03. The second-order valence-corrected chi connectivity index (χ2v) is 12.8. The molecule has 3 heterocycles. The molecule has 1 aromatic heterocycles. The van der Waals surface area contributed by atoms with Gasteiger partial charge in [0.05, 0.1) is 30.9 Å². The molecule has 2 N–H and O–H groups in total. The number of ether oxygens (including phenoxy) is 3. The Labute approximate surface area is 262 Å². The molecule has 1 saturated heterocycles. The van der Waals surface area contributed by atoms with E-state index in [9.17, 15) is 19.2 Å². The second-order valence-electron chi connectivity index (χ2n) is 9.71. The van der Waals surface area contributed by atoms with E-state index in [4.69, 9.17) is 14.2 Å². The first-order chi connectivity index (χ1) is 20.8. The lowest BCUT2D eigenvalue weighted by Crippen LogP contribution is -2.32. The number of carbonyl (C=O) groups is 3. The number of benzene rings is 3. The van der Waals surface area contributed by atoms with Crippen LogP contribution in [0.3, 0.4) is 0 Å². The SMILES string of the molecule is COc1ccc(NC(=O)COc2ccc(Br)cc2[C@@H]2c3sc(=O)[nH]c3S[C@H]3C(=O)N(c4ccc(OC)cc4)C(=O)[C@@H]23)cc1. The van der Waals surface area contributed by atoms with Crippen LogP contribution in [0.1, 0.15) is 16.4 Å². The number of fused-ring (bicyclic) bond motifs is 2. The van der Waals surface area contributed by atoms with Crippen molar-refractivity contribution in [1.82, 2.24) is 4.98 Å². The number of methoxy groups -OCH3 is 2. The first-order valence-corrected chi connectivity index (χ1v) is 15.5. The van der Waals surface area contributed by atoms with Crippen LogP contribution in [0, 0.1) is 5.92 Å². The van der Waals surface area contributed by atoms with Crippen molar-refractivity contribution in [2.24, 2.45) is 5.92 Å². The van der Waals surface area contributed by atoms with Crippen LogP contribution in [0.15, 0.2) is 81.0 Å². The van der Waals surface area contributed by atoms with Gasteiger partial charge in [0.2, 0.25) is 11.8 Å². The number of anilines is 2. The summed E-state index contributed by atoms with van der Waals surface area (Å²) in [6.45, 7) is -0.308. The van der Waals surface area contributed by atoms with E-state index in [-0.39, 0.29) is 29.2 Å². The quantitative estimate of drug-likeness (QED) is 0.248. The van der Waals surface area contributed by atoms with Gasteiger partial charge < -0.3 is 24.5 Å². The molecule has 3 atom stereocenters. The highest BCUT2D eigenvalue weighted by Gasteiger charge is 2.56. The maximum atomic E-state index is 14.1. The number of aromatic nitrogens is 1. The minimum absolute atomic E-state index is 0.286. The van der Waals surface area contributed by atoms with E-state index in [0.29, 0.717) is 48.6 Å². The van der Waals surface area contributed by atoms with E-state index in [2.05, 4.69) is 26.2 Å². The number of nitrogens with one attached hydrogen (secondary N) is 2. The minimum Gasteiger partial charge on any atom is -0.497 e. The Hall–Kier alpha value is -4.07. The van der Waals surface area contributed by atoms with Gasteiger partial charge in [-0.3, -0.25) is 19.2 Å². The Bertz CT molecular complexity index is 1770. The lowest BCUT2D eigenvalue weighted by Gasteiger charge is -2.31. The minimum atomic E-state index is -0.816. The average molecular weight is 683 g/mol. The molecular weight excluding hydrogens is 658 g/mol. The first-order valence-electron chi connectivity index (χ1n) is 13.0. The fourth-order valence-corrected chi connectivity index (χ4v) is 8.13. The number of imide groups is 1. The number of carbonyl (C=O) groups excluding carboxylic acids is 3. The zero-order valence-electron chi connectivity index (χ0n) is 22.8. The van der Waals surface area contributed by atoms with Gasteiger partial charge in [-0.15, -0.1) is 0 Å². The molecule has 4 aromatic rings. The van der Waals surface area contributed by atoms with Crippen LogP contribution in [-0.4, -0.2) is 48.8 Å². The fraction of sp³-hybridized carbons (Fsp3) is 0.200. The molecule has 0 aliphatic carbocycles. The monoisotopic (exact) mass is 681 g/mol. The van der Waals surface area contributed by atoms with E-state index in [1.807, 2.05) is 0 Å². The number of H-pyrrole nitrogens is 1. The van der Waals surface area contributed by atoms with Gasteiger partial charge in [-0.25, -0.2) is 4.90 Å². The van der Waals surface area contributed by atoms with Crippen molar-refractivity contribution in [3.63, 3.8) is 0 Å². The molecule has 2 aliphatic heterocycles. The van der Waals surface area contributed by atoms with Crippen molar-refractivity contribution < 1.29 is 28.6 Å². The van der Waals surface area contributed by atoms with Crippen LogP contribution < -0.4 is 29.3 Å². The van der Waals surface area contributed by atoms with E-state index in [1.54, 1.807) is 73.8 Å². The fourth-order valence-electron chi connectivity index (χ4n) is 5.25. The zero-order valence-corrected chi connectivity index (χ0v) is 26.0. The summed E-state index contributed by atoms with van der Waals surface area (Å²) in [5.74, 6) is -1.02. The van der Waals surface area contributed by atoms with Gasteiger partial charge in [-0.05, 0) is 66.7 Å². The maximum Gasteiger partial charge on any atom is 0.305 e. The van der Waals surface area contributed by atoms with Gasteiger partial charge in [0.1, 0.15) is 22.5 Å². The topological polar surface area (TPSA) is 127 Å². The summed E-state index contributed by atoms with van der Waals surface area (Å²) in [5.41, 5.74) is 1.59. The van der Waals surface area contributed by atoms with Gasteiger partial charge in [0.15, 0.2) is 6.61 Å². The highest BCUT2D eigenvalue weighted by molar-refractivity contribution is 9.10. The van der Waals surface area contributed by atoms with Crippen LogP contribution in [0.4, 0.5) is 11.4 Å². The van der Waals surface area contributed by atoms with Gasteiger partial charge in [-0.1, -0.05) is 39.0 Å². The summed E-state index contributed by atoms with van der Waals surface area (Å²) >= 11 is 5.70. The van der Waals surface area contributed by atoms with Crippen LogP contribution in [0.2, 0.25) is 0 Å². The molecule has 6 rings (SSSR count). The summed E-state index contributed by atoms with van der Waals surface area (Å²) in [7, 11) is 3.10. The van der Waals surface area contributed by atoms with E-state index >= 15 is 0 Å². The summed E-state index contributed by atoms with van der Waals surface area (Å²) < 4.78 is 17.1. The third kappa shape index (κ3) is 5.55. The summed E-state index contributed by atoms with van der Waals surface area (Å²) in [5, 5.41) is 2.55. The standard InChI is InChI=1S/C30H24BrN3O7S2/c1-39-18-8-4-16(5-9-18)32-22(35)14-41-21-12-3-15(31)13-20(21)23-24-26(42-27-25(23)43-30(38)33-27)29(37)34(28(24)36)17-6-10-19(40-2)11-7-17/h3-13,23-24,26H,14H2,1-2H3,(H,32,35)(H,33,38)/t23-,24-,26+/m0/s1. The van der Waals surface area contributed by atoms with Crippen molar-refractivity contribution in [2.75, 3.05) is 31.0 Å². The van der Waals surface area contributed by atoms with E-state index in [1.165, 1.54) is 23.8 Å². The number of amides is 3. The number of aromatic amines is 1. The number of hydrogen-bond acceptors (Lipinski definition) is 9. The van der Waals surface area contributed by atoms with Gasteiger partial charge in [-0.2, -0.15) is 0 Å². The predicted octanol–water partition coefficient (Wildman–Crippen LogP) is 5.03. The number of thioether (sulfide) groups is 1. The average Bonchev–Trinajstić information content (AvgIpc) is 3.50. The molecule has 0 unspecified atom stereocenters. The third-order valence-corrected chi connectivity index (χ3v) is 10.1. The number of thiazole rings is 1. The molecule has 43 heavy (non-hydrogen) atoms. The molecule has 0 saturated carbocycles. The molecule has 0 bridgehead atoms. The molecule has 3 amide bonds. The Morgan fingerprint density at radius 3 is 2.30 bits per heavy atom. The second kappa shape index (κ2) is 11.9. The normalized spacial score (nSPS) is 19.0. The zero-order chi connectivity index (χ0) is 30.2. The smallest absolute Gasteiger partial charge is 0.305 e. The molecular formula is C30H24BrN3O7S2. The van der Waals surface area contributed by atoms with Gasteiger partial charge >= 0.3 is 4.87 Å². The highest BCUT2D eigenvalue weighted by atomic mass is 79.9. The molecule has 220 valence electrons. The third-order valence-electron chi connectivity index (χ3n) is 7.19. The molecule has 13 heteroatoms. The Morgan fingerprint density at radius 2 is 1.63 bits per heavy atom. The Balaban J connectivity index is 1.33. The van der Waals surface area contributed by atoms with Gasteiger partial charge in [0.25, 0.3) is 5.91 Å². The predicted molar refractivity (Wildman–Crippen MR) is 167 cm³/mol. The number of rotatable bonds is 8. The maximum absolute atomic E-state index is 14.1. The van der Waals surface area contributed by atoms with E-state index in [0.717, 1.165) is 11.3 Å². The Morgan fingerprint density at radius 1 is 0.953 bits per heavy atom. The van der Waals surface area contributed by atoms with Crippen molar-refractivity contribution in [2.45, 2.75) is 16.2 Å². The lowest BCUT2D eigenvalue weighted by molar-refractivity contribution is -0.122. The molecule has 3 aromatic carbocycles. The van der Waals surface area contributed by atoms with Crippen LogP contribution in [-0.2, 0) is 14.4 Å². The first kappa shape index (κ1) is 29.0. The highest BCUT2D eigenvalue weighted by Crippen LogP contribution is 2.54. The lowest BCUT2D eigenvalue weighted by atomic mass is 9.82. The number of nitrogens with zero attached hydrogens (tertiary/aromatic N) is 1. The van der Waals surface area contributed by atoms with Crippen molar-refractivity contribution in [1.29, 1.82) is 0 Å². The molecule has 0 spiro atoms. The van der Waals surface area contributed by atoms with E-state index < -0.39 is 17.1 Å². The summed E-state index contributed by atoms with van der Waals surface area (Å²) in [6.07, 6.45) is 0. The molecule has 1 fully saturated rings. The molecule has 2 aliphatic rings. The number of hydrogen-bond donors (Lipinski definition) is 2. The molecule has 0 radical (unpaired) electrons. The molecule has 10 nitrogen and oxygen atoms in total. The summed E-state index contributed by atoms with van der Waals surface area (Å²) in [6, 6.07) is 18.9. The van der Waals surface area contributed by atoms with Gasteiger partial charge in [0, 0.05) is 26.5 Å². The van der Waals surface area contributed by atoms with Crippen LogP contribution in [0.5, 0.6) is 17.2 Å². The van der Waals surface area contributed by atoms with Crippen molar-refractivity contribution in [3.05, 3.63) is 91.3 Å². The largest absolute Gasteiger partial charge is 0.497 e. The van der Waals surface area contributed by atoms with Crippen LogP contribution in [0.25, 0.3) is 0 Å². The van der Waals surface area contributed by atoms with Crippen molar-refractivity contribution >= 4 is 68.1 Å². The van der Waals surface area contributed by atoms with Crippen molar-refractivity contribution in [3.8, 4) is 17.2 Å². The summed E-state index contributed by atoms with van der Waals surface area (Å²) in [4.78, 5) is 57.5.